The zero-order chi connectivity index (χ0) is 12.7. The van der Waals surface area contributed by atoms with E-state index in [1.165, 1.54) is 25.7 Å². The SMILES string of the molecule is O=C(O)CCS(=O)(=O)NCCCC1CCCC1. The summed E-state index contributed by atoms with van der Waals surface area (Å²) in [6.45, 7) is 0.429. The lowest BCUT2D eigenvalue weighted by molar-refractivity contribution is -0.136. The molecule has 0 bridgehead atoms. The van der Waals surface area contributed by atoms with E-state index in [1.54, 1.807) is 0 Å². The lowest BCUT2D eigenvalue weighted by Gasteiger charge is -2.09. The van der Waals surface area contributed by atoms with E-state index in [2.05, 4.69) is 4.72 Å². The Morgan fingerprint density at radius 1 is 1.29 bits per heavy atom. The number of hydrogen-bond acceptors (Lipinski definition) is 3. The molecule has 0 atom stereocenters. The zero-order valence-electron chi connectivity index (χ0n) is 10.0. The predicted octanol–water partition coefficient (Wildman–Crippen LogP) is 1.35. The van der Waals surface area contributed by atoms with Gasteiger partial charge in [-0.25, -0.2) is 13.1 Å². The first-order valence-electron chi connectivity index (χ1n) is 6.19. The molecule has 1 aliphatic rings. The van der Waals surface area contributed by atoms with Crippen LogP contribution in [0, 0.1) is 5.92 Å². The fourth-order valence-corrected chi connectivity index (χ4v) is 3.25. The van der Waals surface area contributed by atoms with Crippen LogP contribution in [0.3, 0.4) is 0 Å². The Morgan fingerprint density at radius 3 is 2.53 bits per heavy atom. The van der Waals surface area contributed by atoms with Crippen molar-refractivity contribution in [1.29, 1.82) is 0 Å². The molecule has 0 unspecified atom stereocenters. The number of aliphatic carboxylic acids is 1. The highest BCUT2D eigenvalue weighted by Gasteiger charge is 2.15. The van der Waals surface area contributed by atoms with E-state index >= 15 is 0 Å². The maximum Gasteiger partial charge on any atom is 0.304 e. The fourth-order valence-electron chi connectivity index (χ4n) is 2.21. The van der Waals surface area contributed by atoms with Gasteiger partial charge in [-0.1, -0.05) is 25.7 Å². The quantitative estimate of drug-likeness (QED) is 0.647. The normalized spacial score (nSPS) is 17.4. The second kappa shape index (κ2) is 6.96. The molecule has 2 N–H and O–H groups in total. The van der Waals surface area contributed by atoms with E-state index in [4.69, 9.17) is 5.11 Å². The van der Waals surface area contributed by atoms with E-state index < -0.39 is 16.0 Å². The number of carboxylic acids is 1. The van der Waals surface area contributed by atoms with Gasteiger partial charge in [-0.15, -0.1) is 0 Å². The van der Waals surface area contributed by atoms with Gasteiger partial charge in [-0.2, -0.15) is 0 Å². The van der Waals surface area contributed by atoms with E-state index in [1.807, 2.05) is 0 Å². The molecule has 0 heterocycles. The number of rotatable bonds is 8. The summed E-state index contributed by atoms with van der Waals surface area (Å²) in [5.74, 6) is -0.647. The van der Waals surface area contributed by atoms with Crippen molar-refractivity contribution in [3.63, 3.8) is 0 Å². The molecule has 0 amide bonds. The summed E-state index contributed by atoms with van der Waals surface area (Å²) in [6.07, 6.45) is 6.72. The van der Waals surface area contributed by atoms with Gasteiger partial charge in [0.15, 0.2) is 0 Å². The summed E-state index contributed by atoms with van der Waals surface area (Å²) >= 11 is 0. The first-order valence-corrected chi connectivity index (χ1v) is 7.84. The summed E-state index contributed by atoms with van der Waals surface area (Å²) in [4.78, 5) is 10.3. The van der Waals surface area contributed by atoms with Gasteiger partial charge in [0.1, 0.15) is 0 Å². The van der Waals surface area contributed by atoms with Gasteiger partial charge in [0.2, 0.25) is 10.0 Å². The van der Waals surface area contributed by atoms with Crippen LogP contribution in [0.4, 0.5) is 0 Å². The van der Waals surface area contributed by atoms with Crippen molar-refractivity contribution < 1.29 is 18.3 Å². The molecule has 0 aromatic rings. The number of nitrogens with one attached hydrogen (secondary N) is 1. The molecule has 100 valence electrons. The third kappa shape index (κ3) is 6.63. The Bertz CT molecular complexity index is 333. The minimum atomic E-state index is -3.40. The molecule has 0 aromatic carbocycles. The lowest BCUT2D eigenvalue weighted by atomic mass is 10.0. The first kappa shape index (κ1) is 14.4. The van der Waals surface area contributed by atoms with Crippen LogP contribution in [0.25, 0.3) is 0 Å². The standard InChI is InChI=1S/C11H21NO4S/c13-11(14)7-9-17(15,16)12-8-3-6-10-4-1-2-5-10/h10,12H,1-9H2,(H,13,14). The predicted molar refractivity (Wildman–Crippen MR) is 65.2 cm³/mol. The van der Waals surface area contributed by atoms with Gasteiger partial charge in [-0.3, -0.25) is 4.79 Å². The number of carboxylic acid groups (broad SMARTS) is 1. The first-order chi connectivity index (χ1) is 7.99. The van der Waals surface area contributed by atoms with Crippen LogP contribution in [-0.4, -0.2) is 31.8 Å². The number of hydrogen-bond donors (Lipinski definition) is 2. The van der Waals surface area contributed by atoms with Crippen molar-refractivity contribution in [3.8, 4) is 0 Å². The van der Waals surface area contributed by atoms with Gasteiger partial charge in [0.25, 0.3) is 0 Å². The van der Waals surface area contributed by atoms with E-state index in [0.29, 0.717) is 6.54 Å². The Labute approximate surface area is 103 Å². The molecule has 0 aromatic heterocycles. The van der Waals surface area contributed by atoms with Crippen molar-refractivity contribution in [2.75, 3.05) is 12.3 Å². The van der Waals surface area contributed by atoms with Crippen LogP contribution in [0.5, 0.6) is 0 Å². The van der Waals surface area contributed by atoms with Crippen molar-refractivity contribution in [2.24, 2.45) is 5.92 Å². The Balaban J connectivity index is 2.09. The van der Waals surface area contributed by atoms with Crippen LogP contribution in [0.2, 0.25) is 0 Å². The molecule has 1 rings (SSSR count). The monoisotopic (exact) mass is 263 g/mol. The van der Waals surface area contributed by atoms with Crippen LogP contribution >= 0.6 is 0 Å². The highest BCUT2D eigenvalue weighted by atomic mass is 32.2. The van der Waals surface area contributed by atoms with Crippen molar-refractivity contribution in [3.05, 3.63) is 0 Å². The maximum absolute atomic E-state index is 11.4. The Morgan fingerprint density at radius 2 is 1.94 bits per heavy atom. The molecular weight excluding hydrogens is 242 g/mol. The molecule has 1 aliphatic carbocycles. The Hall–Kier alpha value is -0.620. The van der Waals surface area contributed by atoms with Gasteiger partial charge >= 0.3 is 5.97 Å². The fraction of sp³-hybridized carbons (Fsp3) is 0.909. The molecule has 5 nitrogen and oxygen atoms in total. The topological polar surface area (TPSA) is 83.5 Å². The summed E-state index contributed by atoms with van der Waals surface area (Å²) < 4.78 is 25.2. The second-order valence-corrected chi connectivity index (χ2v) is 6.58. The summed E-state index contributed by atoms with van der Waals surface area (Å²) in [5.41, 5.74) is 0. The highest BCUT2D eigenvalue weighted by molar-refractivity contribution is 7.89. The largest absolute Gasteiger partial charge is 0.481 e. The number of carbonyl (C=O) groups is 1. The van der Waals surface area contributed by atoms with Crippen molar-refractivity contribution >= 4 is 16.0 Å². The van der Waals surface area contributed by atoms with Crippen LogP contribution in [-0.2, 0) is 14.8 Å². The van der Waals surface area contributed by atoms with Gasteiger partial charge in [0, 0.05) is 6.54 Å². The third-order valence-electron chi connectivity index (χ3n) is 3.17. The molecule has 17 heavy (non-hydrogen) atoms. The molecule has 6 heteroatoms. The van der Waals surface area contributed by atoms with Crippen molar-refractivity contribution in [2.45, 2.75) is 44.9 Å². The van der Waals surface area contributed by atoms with E-state index in [9.17, 15) is 13.2 Å². The average molecular weight is 263 g/mol. The zero-order valence-corrected chi connectivity index (χ0v) is 10.8. The maximum atomic E-state index is 11.4. The smallest absolute Gasteiger partial charge is 0.304 e. The molecule has 1 fully saturated rings. The summed E-state index contributed by atoms with van der Waals surface area (Å²) in [5, 5.41) is 8.40. The minimum Gasteiger partial charge on any atom is -0.481 e. The van der Waals surface area contributed by atoms with Crippen LogP contribution in [0.15, 0.2) is 0 Å². The summed E-state index contributed by atoms with van der Waals surface area (Å²) in [6, 6.07) is 0. The van der Waals surface area contributed by atoms with Crippen molar-refractivity contribution in [1.82, 2.24) is 4.72 Å². The number of sulfonamides is 1. The highest BCUT2D eigenvalue weighted by Crippen LogP contribution is 2.28. The molecule has 1 saturated carbocycles. The van der Waals surface area contributed by atoms with Crippen LogP contribution < -0.4 is 4.72 Å². The average Bonchev–Trinajstić information content (AvgIpc) is 2.75. The Kier molecular flexibility index (Phi) is 5.91. The van der Waals surface area contributed by atoms with Crippen LogP contribution in [0.1, 0.15) is 44.9 Å². The van der Waals surface area contributed by atoms with E-state index in [0.717, 1.165) is 18.8 Å². The molecule has 0 aliphatic heterocycles. The molecule has 0 radical (unpaired) electrons. The minimum absolute atomic E-state index is 0.328. The molecule has 0 spiro atoms. The van der Waals surface area contributed by atoms with Gasteiger partial charge in [0.05, 0.1) is 12.2 Å². The van der Waals surface area contributed by atoms with Gasteiger partial charge in [-0.05, 0) is 18.8 Å². The summed E-state index contributed by atoms with van der Waals surface area (Å²) in [7, 11) is -3.40. The van der Waals surface area contributed by atoms with Gasteiger partial charge < -0.3 is 5.11 Å². The molecular formula is C11H21NO4S. The second-order valence-electron chi connectivity index (χ2n) is 4.65. The lowest BCUT2D eigenvalue weighted by Crippen LogP contribution is -2.28. The molecule has 0 saturated heterocycles. The third-order valence-corrected chi connectivity index (χ3v) is 4.56. The van der Waals surface area contributed by atoms with E-state index in [-0.39, 0.29) is 12.2 Å².